The monoisotopic (exact) mass is 332 g/mol. The van der Waals surface area contributed by atoms with E-state index in [1.165, 1.54) is 18.4 Å². The number of aromatic nitrogens is 5. The molecule has 9 heteroatoms. The Morgan fingerprint density at radius 2 is 2.35 bits per heavy atom. The van der Waals surface area contributed by atoms with Crippen LogP contribution in [-0.4, -0.2) is 44.1 Å². The van der Waals surface area contributed by atoms with Gasteiger partial charge in [-0.3, -0.25) is 9.48 Å². The van der Waals surface area contributed by atoms with Crippen LogP contribution in [0.5, 0.6) is 5.88 Å². The lowest BCUT2D eigenvalue weighted by atomic mass is 10.3. The number of carbonyl (C=O) groups excluding carboxylic acids is 1. The maximum atomic E-state index is 12.1. The van der Waals surface area contributed by atoms with Gasteiger partial charge in [0.25, 0.3) is 5.91 Å². The highest BCUT2D eigenvalue weighted by Gasteiger charge is 2.16. The number of carbonyl (C=O) groups is 1. The molecule has 0 unspecified atom stereocenters. The van der Waals surface area contributed by atoms with Gasteiger partial charge in [-0.15, -0.1) is 16.4 Å². The van der Waals surface area contributed by atoms with Crippen molar-refractivity contribution in [3.8, 4) is 11.0 Å². The molecule has 0 aliphatic rings. The van der Waals surface area contributed by atoms with Crippen LogP contribution in [0.1, 0.15) is 16.1 Å². The summed E-state index contributed by atoms with van der Waals surface area (Å²) in [6, 6.07) is 1.85. The van der Waals surface area contributed by atoms with E-state index in [-0.39, 0.29) is 5.91 Å². The number of amides is 1. The zero-order valence-electron chi connectivity index (χ0n) is 12.8. The predicted octanol–water partition coefficient (Wildman–Crippen LogP) is 1.04. The Balaban J connectivity index is 1.56. The molecule has 0 radical (unpaired) electrons. The number of aryl methyl sites for hydroxylation is 1. The summed E-state index contributed by atoms with van der Waals surface area (Å²) in [5.41, 5.74) is 1.34. The van der Waals surface area contributed by atoms with Gasteiger partial charge in [-0.2, -0.15) is 5.10 Å². The zero-order valence-corrected chi connectivity index (χ0v) is 13.6. The Bertz CT molecular complexity index is 792. The van der Waals surface area contributed by atoms with Crippen molar-refractivity contribution in [2.75, 3.05) is 13.7 Å². The van der Waals surface area contributed by atoms with Crippen LogP contribution >= 0.6 is 11.3 Å². The van der Waals surface area contributed by atoms with Crippen molar-refractivity contribution in [2.45, 2.75) is 6.42 Å². The molecule has 23 heavy (non-hydrogen) atoms. The first-order valence-corrected chi connectivity index (χ1v) is 7.85. The maximum Gasteiger partial charge on any atom is 0.258 e. The quantitative estimate of drug-likeness (QED) is 0.729. The van der Waals surface area contributed by atoms with Gasteiger partial charge in [0.2, 0.25) is 11.0 Å². The molecule has 0 aliphatic carbocycles. The molecule has 0 aromatic carbocycles. The number of hydrogen-bond donors (Lipinski definition) is 1. The van der Waals surface area contributed by atoms with E-state index in [4.69, 9.17) is 4.74 Å². The maximum absolute atomic E-state index is 12.1. The summed E-state index contributed by atoms with van der Waals surface area (Å²) < 4.78 is 8.35. The van der Waals surface area contributed by atoms with Crippen LogP contribution in [0.4, 0.5) is 0 Å². The van der Waals surface area contributed by atoms with Crippen LogP contribution in [0.3, 0.4) is 0 Å². The molecule has 0 bridgehead atoms. The first-order valence-electron chi connectivity index (χ1n) is 6.97. The fourth-order valence-corrected chi connectivity index (χ4v) is 2.87. The summed E-state index contributed by atoms with van der Waals surface area (Å²) in [4.78, 5) is 16.6. The second-order valence-corrected chi connectivity index (χ2v) is 5.64. The number of nitrogens with one attached hydrogen (secondary N) is 1. The van der Waals surface area contributed by atoms with Crippen LogP contribution in [0, 0.1) is 0 Å². The highest BCUT2D eigenvalue weighted by molar-refractivity contribution is 7.12. The Morgan fingerprint density at radius 3 is 3.09 bits per heavy atom. The van der Waals surface area contributed by atoms with Crippen LogP contribution in [0.15, 0.2) is 30.0 Å². The van der Waals surface area contributed by atoms with E-state index in [2.05, 4.69) is 20.5 Å². The van der Waals surface area contributed by atoms with Gasteiger partial charge in [0.1, 0.15) is 5.56 Å². The van der Waals surface area contributed by atoms with Crippen LogP contribution in [-0.2, 0) is 13.5 Å². The number of rotatable bonds is 6. The van der Waals surface area contributed by atoms with Gasteiger partial charge >= 0.3 is 0 Å². The molecule has 0 spiro atoms. The van der Waals surface area contributed by atoms with Crippen molar-refractivity contribution in [2.24, 2.45) is 7.05 Å². The molecule has 3 rings (SSSR count). The molecular weight excluding hydrogens is 316 g/mol. The van der Waals surface area contributed by atoms with Gasteiger partial charge < -0.3 is 10.1 Å². The number of thiazole rings is 1. The number of ether oxygens (including phenoxy) is 1. The summed E-state index contributed by atoms with van der Waals surface area (Å²) in [6.45, 7) is 0.485. The lowest BCUT2D eigenvalue weighted by Crippen LogP contribution is -2.25. The van der Waals surface area contributed by atoms with Crippen LogP contribution in [0.2, 0.25) is 0 Å². The van der Waals surface area contributed by atoms with Crippen molar-refractivity contribution in [1.29, 1.82) is 0 Å². The second kappa shape index (κ2) is 6.61. The molecule has 0 aliphatic heterocycles. The minimum Gasteiger partial charge on any atom is -0.479 e. The topological polar surface area (TPSA) is 86.9 Å². The molecule has 8 nitrogen and oxygen atoms in total. The van der Waals surface area contributed by atoms with Crippen molar-refractivity contribution >= 4 is 17.2 Å². The van der Waals surface area contributed by atoms with Gasteiger partial charge in [-0.05, 0) is 6.07 Å². The molecule has 120 valence electrons. The molecule has 0 saturated heterocycles. The molecule has 0 saturated carbocycles. The SMILES string of the molecule is COc1nn(C)cc1C(=O)NCCc1csc(-n2cccn2)n1. The molecule has 1 amide bonds. The molecule has 3 aromatic rings. The second-order valence-electron chi connectivity index (χ2n) is 4.80. The minimum absolute atomic E-state index is 0.211. The summed E-state index contributed by atoms with van der Waals surface area (Å²) in [5.74, 6) is 0.108. The Kier molecular flexibility index (Phi) is 4.38. The molecule has 3 heterocycles. The van der Waals surface area contributed by atoms with Gasteiger partial charge in [-0.1, -0.05) is 0 Å². The van der Waals surface area contributed by atoms with Gasteiger partial charge in [0.15, 0.2) is 0 Å². The lowest BCUT2D eigenvalue weighted by Gasteiger charge is -2.03. The largest absolute Gasteiger partial charge is 0.479 e. The van der Waals surface area contributed by atoms with E-state index in [1.54, 1.807) is 28.8 Å². The van der Waals surface area contributed by atoms with Crippen molar-refractivity contribution in [3.05, 3.63) is 41.3 Å². The summed E-state index contributed by atoms with van der Waals surface area (Å²) in [5, 5.41) is 13.8. The van der Waals surface area contributed by atoms with Crippen LogP contribution < -0.4 is 10.1 Å². The van der Waals surface area contributed by atoms with Crippen molar-refractivity contribution in [3.63, 3.8) is 0 Å². The number of nitrogens with zero attached hydrogens (tertiary/aromatic N) is 5. The minimum atomic E-state index is -0.211. The number of hydrogen-bond acceptors (Lipinski definition) is 6. The Morgan fingerprint density at radius 1 is 1.48 bits per heavy atom. The molecular formula is C14H16N6O2S. The zero-order chi connectivity index (χ0) is 16.2. The standard InChI is InChI=1S/C14H16N6O2S/c1-19-8-11(13(18-19)22-2)12(21)15-6-4-10-9-23-14(17-10)20-7-3-5-16-20/h3,5,7-9H,4,6H2,1-2H3,(H,15,21). The van der Waals surface area contributed by atoms with E-state index in [9.17, 15) is 4.79 Å². The van der Waals surface area contributed by atoms with E-state index in [0.717, 1.165) is 10.8 Å². The molecule has 3 aromatic heterocycles. The van der Waals surface area contributed by atoms with E-state index >= 15 is 0 Å². The van der Waals surface area contributed by atoms with E-state index < -0.39 is 0 Å². The normalized spacial score (nSPS) is 10.7. The third-order valence-corrected chi connectivity index (χ3v) is 4.02. The predicted molar refractivity (Wildman–Crippen MR) is 85.0 cm³/mol. The molecule has 0 fully saturated rings. The average Bonchev–Trinajstić information content (AvgIpc) is 3.26. The van der Waals surface area contributed by atoms with E-state index in [1.807, 2.05) is 17.6 Å². The summed E-state index contributed by atoms with van der Waals surface area (Å²) >= 11 is 1.52. The highest BCUT2D eigenvalue weighted by atomic mass is 32.1. The first-order chi connectivity index (χ1) is 11.2. The Labute approximate surface area is 136 Å². The summed E-state index contributed by atoms with van der Waals surface area (Å²) in [6.07, 6.45) is 5.83. The van der Waals surface area contributed by atoms with E-state index in [0.29, 0.717) is 24.4 Å². The van der Waals surface area contributed by atoms with Crippen molar-refractivity contribution < 1.29 is 9.53 Å². The fraction of sp³-hybridized carbons (Fsp3) is 0.286. The molecule has 0 atom stereocenters. The van der Waals surface area contributed by atoms with Gasteiger partial charge in [0.05, 0.1) is 12.8 Å². The smallest absolute Gasteiger partial charge is 0.258 e. The fourth-order valence-electron chi connectivity index (χ4n) is 2.07. The molecule has 1 N–H and O–H groups in total. The summed E-state index contributed by atoms with van der Waals surface area (Å²) in [7, 11) is 3.23. The highest BCUT2D eigenvalue weighted by Crippen LogP contribution is 2.15. The average molecular weight is 332 g/mol. The number of methoxy groups -OCH3 is 1. The van der Waals surface area contributed by atoms with Gasteiger partial charge in [-0.25, -0.2) is 9.67 Å². The lowest BCUT2D eigenvalue weighted by molar-refractivity contribution is 0.0951. The first kappa shape index (κ1) is 15.2. The van der Waals surface area contributed by atoms with Crippen LogP contribution in [0.25, 0.3) is 5.13 Å². The third-order valence-electron chi connectivity index (χ3n) is 3.14. The van der Waals surface area contributed by atoms with Gasteiger partial charge in [0, 0.05) is 44.0 Å². The van der Waals surface area contributed by atoms with Crippen molar-refractivity contribution in [1.82, 2.24) is 29.9 Å². The third kappa shape index (κ3) is 3.39. The Hall–Kier alpha value is -2.68.